The minimum absolute atomic E-state index is 0.0313. The number of likely N-dealkylation sites (tertiary alicyclic amines) is 1. The molecule has 1 aliphatic heterocycles. The second-order valence-corrected chi connectivity index (χ2v) is 17.6. The maximum absolute atomic E-state index is 13.2. The Hall–Kier alpha value is -1.71. The number of esters is 2. The summed E-state index contributed by atoms with van der Waals surface area (Å²) in [5, 5.41) is 19.8. The lowest BCUT2D eigenvalue weighted by molar-refractivity contribution is -0.148. The molecule has 1 saturated heterocycles. The van der Waals surface area contributed by atoms with Crippen LogP contribution in [0.1, 0.15) is 196 Å². The van der Waals surface area contributed by atoms with Gasteiger partial charge in [0.2, 0.25) is 5.91 Å². The molecule has 1 amide bonds. The Bertz CT molecular complexity index is 899. The van der Waals surface area contributed by atoms with Crippen molar-refractivity contribution in [2.75, 3.05) is 45.9 Å². The van der Waals surface area contributed by atoms with Gasteiger partial charge in [0.05, 0.1) is 31.8 Å². The molecule has 0 bridgehead atoms. The highest BCUT2D eigenvalue weighted by atomic mass is 16.5. The summed E-state index contributed by atoms with van der Waals surface area (Å²) >= 11 is 0. The highest BCUT2D eigenvalue weighted by molar-refractivity contribution is 5.78. The number of carbonyl (C=O) groups is 3. The van der Waals surface area contributed by atoms with E-state index in [1.54, 1.807) is 9.80 Å². The molecular formula is C46H88N2O7. The molecule has 0 aromatic heterocycles. The fraction of sp³-hybridized carbons (Fsp3) is 0.935. The van der Waals surface area contributed by atoms with Gasteiger partial charge in [-0.2, -0.15) is 0 Å². The summed E-state index contributed by atoms with van der Waals surface area (Å²) in [6.07, 6.45) is 25.7. The molecule has 324 valence electrons. The Labute approximate surface area is 338 Å². The van der Waals surface area contributed by atoms with Crippen LogP contribution in [0.15, 0.2) is 0 Å². The van der Waals surface area contributed by atoms with E-state index in [0.29, 0.717) is 12.8 Å². The number of hydrogen-bond donors (Lipinski definition) is 2. The first-order valence-corrected chi connectivity index (χ1v) is 23.1. The number of amides is 1. The second-order valence-electron chi connectivity index (χ2n) is 17.6. The van der Waals surface area contributed by atoms with E-state index in [1.165, 1.54) is 103 Å². The Morgan fingerprint density at radius 3 is 1.29 bits per heavy atom. The number of hydrogen-bond acceptors (Lipinski definition) is 8. The van der Waals surface area contributed by atoms with Crippen LogP contribution < -0.4 is 0 Å². The van der Waals surface area contributed by atoms with Gasteiger partial charge in [0.25, 0.3) is 0 Å². The van der Waals surface area contributed by atoms with Crippen LogP contribution in [0.5, 0.6) is 0 Å². The molecule has 9 nitrogen and oxygen atoms in total. The van der Waals surface area contributed by atoms with Crippen LogP contribution in [0.3, 0.4) is 0 Å². The third-order valence-electron chi connectivity index (χ3n) is 11.7. The minimum Gasteiger partial charge on any atom is -0.464 e. The summed E-state index contributed by atoms with van der Waals surface area (Å²) in [4.78, 5) is 41.4. The van der Waals surface area contributed by atoms with Gasteiger partial charge in [-0.05, 0) is 49.4 Å². The molecule has 4 unspecified atom stereocenters. The van der Waals surface area contributed by atoms with E-state index in [0.717, 1.165) is 62.2 Å². The lowest BCUT2D eigenvalue weighted by atomic mass is 9.89. The van der Waals surface area contributed by atoms with Gasteiger partial charge in [0, 0.05) is 25.9 Å². The number of unbranched alkanes of at least 4 members (excludes halogenated alkanes) is 12. The van der Waals surface area contributed by atoms with Gasteiger partial charge in [-0.1, -0.05) is 157 Å². The van der Waals surface area contributed by atoms with Gasteiger partial charge in [-0.25, -0.2) is 0 Å². The molecule has 6 atom stereocenters. The van der Waals surface area contributed by atoms with Gasteiger partial charge < -0.3 is 24.6 Å². The van der Waals surface area contributed by atoms with Crippen molar-refractivity contribution in [1.29, 1.82) is 0 Å². The predicted octanol–water partition coefficient (Wildman–Crippen LogP) is 9.89. The summed E-state index contributed by atoms with van der Waals surface area (Å²) in [6, 6.07) is 0. The van der Waals surface area contributed by atoms with E-state index in [1.807, 2.05) is 0 Å². The molecule has 0 aromatic carbocycles. The van der Waals surface area contributed by atoms with Crippen molar-refractivity contribution >= 4 is 17.8 Å². The zero-order valence-electron chi connectivity index (χ0n) is 36.7. The van der Waals surface area contributed by atoms with Crippen LogP contribution in [0, 0.1) is 23.7 Å². The van der Waals surface area contributed by atoms with E-state index in [-0.39, 0.29) is 63.8 Å². The second kappa shape index (κ2) is 33.3. The predicted molar refractivity (Wildman–Crippen MR) is 226 cm³/mol. The SMILES string of the molecule is CCCCCC(C)CC(C)CCCCCCCC(=O)OCCN(CCOC(=O)CCCCCCCC(C)CC(C)CCCCC)C(=O)CN1C[C@@H](O)[C@H](O)C1. The minimum atomic E-state index is -0.877. The Morgan fingerprint density at radius 2 is 0.909 bits per heavy atom. The summed E-state index contributed by atoms with van der Waals surface area (Å²) in [5.41, 5.74) is 0. The monoisotopic (exact) mass is 781 g/mol. The molecule has 1 aliphatic rings. The molecule has 0 spiro atoms. The molecule has 9 heteroatoms. The van der Waals surface area contributed by atoms with Crippen LogP contribution in [0.25, 0.3) is 0 Å². The first-order valence-electron chi connectivity index (χ1n) is 23.1. The van der Waals surface area contributed by atoms with Crippen molar-refractivity contribution in [1.82, 2.24) is 9.80 Å². The van der Waals surface area contributed by atoms with Crippen molar-refractivity contribution in [3.63, 3.8) is 0 Å². The molecule has 1 heterocycles. The van der Waals surface area contributed by atoms with Crippen molar-refractivity contribution < 1.29 is 34.1 Å². The number of nitrogens with zero attached hydrogens (tertiary/aromatic N) is 2. The molecule has 1 rings (SSSR count). The van der Waals surface area contributed by atoms with Gasteiger partial charge in [-0.15, -0.1) is 0 Å². The zero-order chi connectivity index (χ0) is 40.7. The fourth-order valence-corrected chi connectivity index (χ4v) is 8.23. The standard InChI is InChI=1S/C46H88N2O7/c1-7-9-17-23-38(3)33-40(5)25-19-13-11-15-21-27-45(52)54-31-29-48(44(51)37-47-35-42(49)43(50)36-47)30-32-55-46(53)28-22-16-12-14-20-26-41(6)34-39(4)24-18-10-8-2/h38-43,49-50H,7-37H2,1-6H3/t38?,39?,40?,41?,42-,43-/m1/s1. The largest absolute Gasteiger partial charge is 0.464 e. The van der Waals surface area contributed by atoms with Crippen LogP contribution in [-0.2, 0) is 23.9 Å². The number of ether oxygens (including phenoxy) is 2. The zero-order valence-corrected chi connectivity index (χ0v) is 36.7. The van der Waals surface area contributed by atoms with E-state index >= 15 is 0 Å². The van der Waals surface area contributed by atoms with Gasteiger partial charge >= 0.3 is 11.9 Å². The first kappa shape index (κ1) is 51.3. The third kappa shape index (κ3) is 28.4. The Kier molecular flexibility index (Phi) is 31.0. The van der Waals surface area contributed by atoms with Gasteiger partial charge in [0.1, 0.15) is 13.2 Å². The molecule has 55 heavy (non-hydrogen) atoms. The quantitative estimate of drug-likeness (QED) is 0.0477. The lowest BCUT2D eigenvalue weighted by Crippen LogP contribution is -2.43. The van der Waals surface area contributed by atoms with E-state index in [4.69, 9.17) is 9.47 Å². The maximum atomic E-state index is 13.2. The number of carbonyl (C=O) groups excluding carboxylic acids is 3. The van der Waals surface area contributed by atoms with Crippen LogP contribution in [0.2, 0.25) is 0 Å². The number of aliphatic hydroxyl groups is 2. The summed E-state index contributed by atoms with van der Waals surface area (Å²) in [5.74, 6) is 2.48. The highest BCUT2D eigenvalue weighted by Crippen LogP contribution is 2.24. The van der Waals surface area contributed by atoms with Crippen LogP contribution >= 0.6 is 0 Å². The first-order chi connectivity index (χ1) is 26.4. The number of β-amino-alcohol motifs (C(OH)–C–C–N with tert-alkyl or cyclic N) is 2. The van der Waals surface area contributed by atoms with Crippen molar-refractivity contribution in [3.8, 4) is 0 Å². The smallest absolute Gasteiger partial charge is 0.305 e. The normalized spacial score (nSPS) is 18.2. The molecule has 0 aliphatic carbocycles. The molecule has 0 saturated carbocycles. The van der Waals surface area contributed by atoms with Crippen molar-refractivity contribution in [2.24, 2.45) is 23.7 Å². The van der Waals surface area contributed by atoms with Gasteiger partial charge in [-0.3, -0.25) is 19.3 Å². The van der Waals surface area contributed by atoms with Crippen molar-refractivity contribution in [3.05, 3.63) is 0 Å². The summed E-state index contributed by atoms with van der Waals surface area (Å²) in [7, 11) is 0. The molecular weight excluding hydrogens is 693 g/mol. The summed E-state index contributed by atoms with van der Waals surface area (Å²) < 4.78 is 11.0. The van der Waals surface area contributed by atoms with Crippen LogP contribution in [0.4, 0.5) is 0 Å². The average Bonchev–Trinajstić information content (AvgIpc) is 3.45. The summed E-state index contributed by atoms with van der Waals surface area (Å²) in [6.45, 7) is 15.1. The average molecular weight is 781 g/mol. The molecule has 0 aromatic rings. The van der Waals surface area contributed by atoms with Crippen molar-refractivity contribution in [2.45, 2.75) is 208 Å². The third-order valence-corrected chi connectivity index (χ3v) is 11.7. The van der Waals surface area contributed by atoms with Gasteiger partial charge in [0.15, 0.2) is 0 Å². The number of aliphatic hydroxyl groups excluding tert-OH is 2. The topological polar surface area (TPSA) is 117 Å². The molecule has 2 N–H and O–H groups in total. The van der Waals surface area contributed by atoms with E-state index in [2.05, 4.69) is 41.5 Å². The maximum Gasteiger partial charge on any atom is 0.305 e. The Morgan fingerprint density at radius 1 is 0.564 bits per heavy atom. The Balaban J connectivity index is 2.28. The molecule has 1 fully saturated rings. The van der Waals surface area contributed by atoms with E-state index in [9.17, 15) is 24.6 Å². The number of rotatable bonds is 36. The lowest BCUT2D eigenvalue weighted by Gasteiger charge is -2.25. The highest BCUT2D eigenvalue weighted by Gasteiger charge is 2.31. The fourth-order valence-electron chi connectivity index (χ4n) is 8.23. The van der Waals surface area contributed by atoms with Crippen LogP contribution in [-0.4, -0.2) is 96.0 Å². The molecule has 0 radical (unpaired) electrons. The van der Waals surface area contributed by atoms with E-state index < -0.39 is 12.2 Å².